The summed E-state index contributed by atoms with van der Waals surface area (Å²) in [4.78, 5) is 2.73. The van der Waals surface area contributed by atoms with Crippen LogP contribution in [0, 0.1) is 5.92 Å². The van der Waals surface area contributed by atoms with Gasteiger partial charge in [0, 0.05) is 12.1 Å². The Morgan fingerprint density at radius 1 is 1.50 bits per heavy atom. The molecule has 2 fully saturated rings. The third kappa shape index (κ3) is 1.14. The van der Waals surface area contributed by atoms with Crippen LogP contribution in [0.4, 0.5) is 0 Å². The maximum absolute atomic E-state index is 3.01. The van der Waals surface area contributed by atoms with Gasteiger partial charge in [-0.1, -0.05) is 13.8 Å². The van der Waals surface area contributed by atoms with E-state index in [9.17, 15) is 0 Å². The quantitative estimate of drug-likeness (QED) is 0.566. The molecular formula is C10H20NP. The highest BCUT2D eigenvalue weighted by Crippen LogP contribution is 2.45. The Kier molecular flexibility index (Phi) is 2.21. The molecule has 0 aromatic carbocycles. The number of rotatable bonds is 1. The zero-order valence-electron chi connectivity index (χ0n) is 8.21. The lowest BCUT2D eigenvalue weighted by Gasteiger charge is -2.36. The molecule has 2 heteroatoms. The highest BCUT2D eigenvalue weighted by molar-refractivity contribution is 7.17. The maximum Gasteiger partial charge on any atom is 0.0239 e. The van der Waals surface area contributed by atoms with Gasteiger partial charge in [-0.05, 0) is 37.4 Å². The fraction of sp³-hybridized carbons (Fsp3) is 1.00. The molecule has 0 bridgehead atoms. The zero-order valence-corrected chi connectivity index (χ0v) is 9.37. The highest BCUT2D eigenvalue weighted by Gasteiger charge is 2.48. The van der Waals surface area contributed by atoms with E-state index < -0.39 is 0 Å². The number of fused-ring (bicyclic) bond motifs is 1. The van der Waals surface area contributed by atoms with Crippen LogP contribution in [0.25, 0.3) is 0 Å². The molecule has 0 amide bonds. The average Bonchev–Trinajstić information content (AvgIpc) is 2.42. The third-order valence-electron chi connectivity index (χ3n) is 3.81. The second-order valence-electron chi connectivity index (χ2n) is 4.77. The molecule has 12 heavy (non-hydrogen) atoms. The van der Waals surface area contributed by atoms with E-state index in [4.69, 9.17) is 0 Å². The summed E-state index contributed by atoms with van der Waals surface area (Å²) in [5, 5.41) is 0. The second kappa shape index (κ2) is 2.96. The van der Waals surface area contributed by atoms with Gasteiger partial charge < -0.3 is 0 Å². The molecule has 0 N–H and O–H groups in total. The van der Waals surface area contributed by atoms with Crippen molar-refractivity contribution in [2.24, 2.45) is 5.92 Å². The molecule has 0 spiro atoms. The van der Waals surface area contributed by atoms with Gasteiger partial charge in [0.2, 0.25) is 0 Å². The van der Waals surface area contributed by atoms with Crippen molar-refractivity contribution >= 4 is 9.24 Å². The smallest absolute Gasteiger partial charge is 0.0239 e. The first-order valence-corrected chi connectivity index (χ1v) is 5.82. The monoisotopic (exact) mass is 185 g/mol. The Morgan fingerprint density at radius 3 is 2.83 bits per heavy atom. The molecule has 0 aromatic rings. The van der Waals surface area contributed by atoms with Crippen LogP contribution in [-0.4, -0.2) is 29.2 Å². The first-order chi connectivity index (χ1) is 5.65. The molecule has 2 aliphatic heterocycles. The summed E-state index contributed by atoms with van der Waals surface area (Å²) < 4.78 is 0. The number of hydrogen-bond acceptors (Lipinski definition) is 1. The number of hydrogen-bond donors (Lipinski definition) is 0. The first kappa shape index (κ1) is 8.97. The molecule has 2 aliphatic rings. The van der Waals surface area contributed by atoms with Gasteiger partial charge in [0.05, 0.1) is 0 Å². The van der Waals surface area contributed by atoms with Crippen molar-refractivity contribution in [1.82, 2.24) is 4.90 Å². The van der Waals surface area contributed by atoms with Crippen molar-refractivity contribution in [2.75, 3.05) is 13.1 Å². The molecule has 0 radical (unpaired) electrons. The lowest BCUT2D eigenvalue weighted by Crippen LogP contribution is -2.42. The predicted octanol–water partition coefficient (Wildman–Crippen LogP) is 2.12. The van der Waals surface area contributed by atoms with Crippen molar-refractivity contribution in [1.29, 1.82) is 0 Å². The lowest BCUT2D eigenvalue weighted by molar-refractivity contribution is 0.136. The summed E-state index contributed by atoms with van der Waals surface area (Å²) in [5.41, 5.74) is 1.44. The summed E-state index contributed by atoms with van der Waals surface area (Å²) in [7, 11) is 3.01. The van der Waals surface area contributed by atoms with Crippen molar-refractivity contribution in [3.8, 4) is 0 Å². The topological polar surface area (TPSA) is 3.24 Å². The van der Waals surface area contributed by atoms with E-state index in [1.54, 1.807) is 0 Å². The fourth-order valence-corrected chi connectivity index (χ4v) is 3.81. The van der Waals surface area contributed by atoms with E-state index >= 15 is 0 Å². The summed E-state index contributed by atoms with van der Waals surface area (Å²) in [6.45, 7) is 7.45. The molecule has 0 aromatic heterocycles. The van der Waals surface area contributed by atoms with E-state index in [0.29, 0.717) is 5.54 Å². The predicted molar refractivity (Wildman–Crippen MR) is 56.5 cm³/mol. The summed E-state index contributed by atoms with van der Waals surface area (Å²) in [6.07, 6.45) is 4.28. The zero-order chi connectivity index (χ0) is 8.77. The Balaban J connectivity index is 2.20. The van der Waals surface area contributed by atoms with Crippen LogP contribution in [0.1, 0.15) is 33.1 Å². The average molecular weight is 185 g/mol. The van der Waals surface area contributed by atoms with Crippen LogP contribution >= 0.6 is 9.24 Å². The standard InChI is InChI=1S/C10H20NP/c1-8(2)10-4-3-5-11(10)7-9(12)6-10/h8-9H,3-7,12H2,1-2H3. The molecule has 70 valence electrons. The Bertz CT molecular complexity index is 181. The van der Waals surface area contributed by atoms with Gasteiger partial charge in [-0.15, -0.1) is 9.24 Å². The maximum atomic E-state index is 3.01. The van der Waals surface area contributed by atoms with Gasteiger partial charge in [-0.3, -0.25) is 4.90 Å². The van der Waals surface area contributed by atoms with Crippen molar-refractivity contribution in [3.05, 3.63) is 0 Å². The molecule has 3 atom stereocenters. The van der Waals surface area contributed by atoms with Crippen LogP contribution < -0.4 is 0 Å². The second-order valence-corrected chi connectivity index (χ2v) is 5.71. The number of nitrogens with zero attached hydrogens (tertiary/aromatic N) is 1. The normalized spacial score (nSPS) is 42.5. The van der Waals surface area contributed by atoms with Gasteiger partial charge in [0.1, 0.15) is 0 Å². The van der Waals surface area contributed by atoms with E-state index in [1.807, 2.05) is 0 Å². The SMILES string of the molecule is CC(C)C12CCCN1CC(P)C2. The van der Waals surface area contributed by atoms with Crippen molar-refractivity contribution in [2.45, 2.75) is 44.3 Å². The van der Waals surface area contributed by atoms with Gasteiger partial charge in [0.25, 0.3) is 0 Å². The Hall–Kier alpha value is 0.390. The van der Waals surface area contributed by atoms with E-state index in [1.165, 1.54) is 32.4 Å². The molecule has 0 aliphatic carbocycles. The molecule has 3 unspecified atom stereocenters. The highest BCUT2D eigenvalue weighted by atomic mass is 31.0. The largest absolute Gasteiger partial charge is 0.297 e. The van der Waals surface area contributed by atoms with Crippen molar-refractivity contribution in [3.63, 3.8) is 0 Å². The van der Waals surface area contributed by atoms with Crippen LogP contribution in [0.15, 0.2) is 0 Å². The molecule has 2 rings (SSSR count). The fourth-order valence-electron chi connectivity index (χ4n) is 3.15. The Morgan fingerprint density at radius 2 is 2.25 bits per heavy atom. The Labute approximate surface area is 78.1 Å². The lowest BCUT2D eigenvalue weighted by atomic mass is 9.83. The summed E-state index contributed by atoms with van der Waals surface area (Å²) in [6, 6.07) is 0. The molecule has 1 nitrogen and oxygen atoms in total. The van der Waals surface area contributed by atoms with Gasteiger partial charge in [-0.2, -0.15) is 0 Å². The van der Waals surface area contributed by atoms with Crippen LogP contribution in [0.3, 0.4) is 0 Å². The van der Waals surface area contributed by atoms with Gasteiger partial charge >= 0.3 is 0 Å². The van der Waals surface area contributed by atoms with E-state index in [0.717, 1.165) is 11.6 Å². The van der Waals surface area contributed by atoms with Crippen molar-refractivity contribution < 1.29 is 0 Å². The molecule has 2 saturated heterocycles. The molecular weight excluding hydrogens is 165 g/mol. The summed E-state index contributed by atoms with van der Waals surface area (Å²) >= 11 is 0. The molecule has 2 heterocycles. The van der Waals surface area contributed by atoms with Crippen LogP contribution in [0.5, 0.6) is 0 Å². The minimum atomic E-state index is 0.590. The third-order valence-corrected chi connectivity index (χ3v) is 4.26. The van der Waals surface area contributed by atoms with Gasteiger partial charge in [0.15, 0.2) is 0 Å². The van der Waals surface area contributed by atoms with Gasteiger partial charge in [-0.25, -0.2) is 0 Å². The minimum Gasteiger partial charge on any atom is -0.297 e. The summed E-state index contributed by atoms with van der Waals surface area (Å²) in [5.74, 6) is 0.838. The molecule has 0 saturated carbocycles. The first-order valence-electron chi connectivity index (χ1n) is 5.16. The van der Waals surface area contributed by atoms with Crippen LogP contribution in [0.2, 0.25) is 0 Å². The van der Waals surface area contributed by atoms with Crippen LogP contribution in [-0.2, 0) is 0 Å². The van der Waals surface area contributed by atoms with E-state index in [2.05, 4.69) is 28.0 Å². The van der Waals surface area contributed by atoms with E-state index in [-0.39, 0.29) is 0 Å². The minimum absolute atomic E-state index is 0.590.